The Bertz CT molecular complexity index is 92.4. The Morgan fingerprint density at radius 3 is 0.435 bits per heavy atom. The molecule has 0 aromatic rings. The molecule has 23 heteroatoms. The third-order valence-corrected chi connectivity index (χ3v) is 0. The van der Waals surface area contributed by atoms with Crippen LogP contribution in [-0.4, -0.2) is 66.8 Å². The summed E-state index contributed by atoms with van der Waals surface area (Å²) in [7, 11) is -13.1. The van der Waals surface area contributed by atoms with Gasteiger partial charge >= 0.3 is 135 Å². The van der Waals surface area contributed by atoms with Gasteiger partial charge in [0.25, 0.3) is 0 Å². The van der Waals surface area contributed by atoms with Crippen molar-refractivity contribution in [3.63, 3.8) is 0 Å². The fourth-order valence-corrected chi connectivity index (χ4v) is 0. The zero-order valence-electron chi connectivity index (χ0n) is 10.4. The SMILES string of the molecule is OB(O)O.OB(O)O.[Ce+3].[Gd+3].[O-]B([O-])[O-].[O-]B([O-])[O-].[O-]B([O-])[O-].[Tb+3]. The van der Waals surface area contributed by atoms with Gasteiger partial charge in [0.2, 0.25) is 0 Å². The number of rotatable bonds is 0. The normalized spacial score (nSPS) is 5.87. The molecule has 0 bridgehead atoms. The average Bonchev–Trinajstić information content (AvgIpc) is 1.94. The minimum absolute atomic E-state index is 0. The van der Waals surface area contributed by atoms with Crippen molar-refractivity contribution in [2.24, 2.45) is 0 Å². The first-order valence-electron chi connectivity index (χ1n) is 3.67. The van der Waals surface area contributed by atoms with Crippen LogP contribution in [0.4, 0.5) is 0 Å². The Labute approximate surface area is 228 Å². The van der Waals surface area contributed by atoms with Crippen molar-refractivity contribution in [1.82, 2.24) is 0 Å². The molecule has 0 spiro atoms. The summed E-state index contributed by atoms with van der Waals surface area (Å²) in [6.45, 7) is 0. The second-order valence-electron chi connectivity index (χ2n) is 1.56. The summed E-state index contributed by atoms with van der Waals surface area (Å²) in [5, 5.41) is 119. The van der Waals surface area contributed by atoms with E-state index in [2.05, 4.69) is 0 Å². The van der Waals surface area contributed by atoms with Gasteiger partial charge in [-0.2, -0.15) is 0 Å². The fourth-order valence-electron chi connectivity index (χ4n) is 0. The molecule has 0 saturated heterocycles. The molecule has 0 saturated carbocycles. The molecule has 0 aliphatic heterocycles. The molecule has 0 aliphatic rings. The van der Waals surface area contributed by atoms with Crippen molar-refractivity contribution < 1.29 is 196 Å². The Hall–Kier alpha value is 3.71. The molecule has 0 atom stereocenters. The van der Waals surface area contributed by atoms with Crippen molar-refractivity contribution in [2.75, 3.05) is 0 Å². The van der Waals surface area contributed by atoms with Crippen LogP contribution in [-0.2, 0) is 0 Å². The van der Waals surface area contributed by atoms with Crippen molar-refractivity contribution in [3.8, 4) is 0 Å². The van der Waals surface area contributed by atoms with Crippen molar-refractivity contribution in [1.29, 1.82) is 0 Å². The Balaban J connectivity index is -0.0000000197. The average molecular weight is 756 g/mol. The molecule has 2 radical (unpaired) electrons. The molecule has 15 nitrogen and oxygen atoms in total. The summed E-state index contributed by atoms with van der Waals surface area (Å²) in [6, 6.07) is 0. The summed E-state index contributed by atoms with van der Waals surface area (Å²) in [5.74, 6) is 0. The van der Waals surface area contributed by atoms with E-state index in [9.17, 15) is 0 Å². The van der Waals surface area contributed by atoms with Gasteiger partial charge in [0.1, 0.15) is 0 Å². The van der Waals surface area contributed by atoms with Gasteiger partial charge in [-0.15, -0.1) is 0 Å². The largest absolute Gasteiger partial charge is 3.00 e. The van der Waals surface area contributed by atoms with Crippen molar-refractivity contribution in [3.05, 3.63) is 0 Å². The van der Waals surface area contributed by atoms with Gasteiger partial charge in [-0.3, -0.25) is 22.0 Å². The van der Waals surface area contributed by atoms with Crippen LogP contribution >= 0.6 is 0 Å². The third kappa shape index (κ3) is 1050. The molecular formula is H6B5CeGdO15Tb. The molecule has 132 valence electrons. The zero-order chi connectivity index (χ0) is 17.9. The first-order valence-corrected chi connectivity index (χ1v) is 3.67. The van der Waals surface area contributed by atoms with E-state index in [0.29, 0.717) is 0 Å². The minimum atomic E-state index is -2.92. The molecule has 0 aromatic carbocycles. The third-order valence-electron chi connectivity index (χ3n) is 0. The second kappa shape index (κ2) is 44.8. The molecular weight excluding hydrogens is 750 g/mol. The molecule has 0 rings (SSSR count). The van der Waals surface area contributed by atoms with Crippen LogP contribution in [0.1, 0.15) is 0 Å². The number of hydrogen-bond acceptors (Lipinski definition) is 15. The summed E-state index contributed by atoms with van der Waals surface area (Å²) in [5.41, 5.74) is 0. The molecule has 0 fully saturated rings. The Morgan fingerprint density at radius 1 is 0.435 bits per heavy atom. The predicted octanol–water partition coefficient (Wildman–Crippen LogP) is -15.9. The van der Waals surface area contributed by atoms with Crippen molar-refractivity contribution in [2.45, 2.75) is 0 Å². The van der Waals surface area contributed by atoms with E-state index in [1.165, 1.54) is 0 Å². The molecule has 6 N–H and O–H groups in total. The maximum atomic E-state index is 8.42. The zero-order valence-corrected chi connectivity index (χ0v) is 18.0. The van der Waals surface area contributed by atoms with Gasteiger partial charge in [0.15, 0.2) is 0 Å². The number of hydrogen-bond donors (Lipinski definition) is 6. The summed E-state index contributed by atoms with van der Waals surface area (Å²) >= 11 is 0. The topological polar surface area (TPSA) is 329 Å². The van der Waals surface area contributed by atoms with Gasteiger partial charge in [0, 0.05) is 0 Å². The first-order chi connectivity index (χ1) is 8.66. The van der Waals surface area contributed by atoms with Gasteiger partial charge < -0.3 is 75.4 Å². The van der Waals surface area contributed by atoms with Crippen LogP contribution in [0.2, 0.25) is 0 Å². The first kappa shape index (κ1) is 50.4. The summed E-state index contributed by atoms with van der Waals surface area (Å²) in [4.78, 5) is 0. The fraction of sp³-hybridized carbons (Fsp3) is 0. The van der Waals surface area contributed by atoms with Crippen LogP contribution in [0.15, 0.2) is 0 Å². The van der Waals surface area contributed by atoms with E-state index in [1.807, 2.05) is 0 Å². The van der Waals surface area contributed by atoms with Gasteiger partial charge in [0.05, 0.1) is 0 Å². The monoisotopic (exact) mass is 758 g/mol. The standard InChI is InChI=1S/2BH3O3.3BO3.Ce.Gd.Tb/c5*2-1(3)4;;;/h2*2-4H;;;;;;/q;;3*-3;3*+3. The predicted molar refractivity (Wildman–Crippen MR) is 42.1 cm³/mol. The van der Waals surface area contributed by atoms with Crippen molar-refractivity contribution >= 4 is 36.6 Å². The summed E-state index contributed by atoms with van der Waals surface area (Å²) < 4.78 is 0. The molecule has 23 heavy (non-hydrogen) atoms. The van der Waals surface area contributed by atoms with Crippen LogP contribution in [0.25, 0.3) is 0 Å². The maximum absolute atomic E-state index is 8.42. The Kier molecular flexibility index (Phi) is 98.3. The maximum Gasteiger partial charge on any atom is 3.00 e. The van der Waals surface area contributed by atoms with Gasteiger partial charge in [-0.1, -0.05) is 0 Å². The van der Waals surface area contributed by atoms with Crippen LogP contribution in [0.5, 0.6) is 0 Å². The molecule has 0 heterocycles. The van der Waals surface area contributed by atoms with E-state index < -0.39 is 36.6 Å². The molecule has 0 unspecified atom stereocenters. The van der Waals surface area contributed by atoms with Crippen LogP contribution < -0.4 is 45.2 Å². The van der Waals surface area contributed by atoms with Gasteiger partial charge in [-0.25, -0.2) is 0 Å². The van der Waals surface area contributed by atoms with Crippen LogP contribution in [0.3, 0.4) is 0 Å². The van der Waals surface area contributed by atoms with Crippen LogP contribution in [0, 0.1) is 120 Å². The van der Waals surface area contributed by atoms with E-state index in [1.54, 1.807) is 0 Å². The van der Waals surface area contributed by atoms with E-state index in [4.69, 9.17) is 75.4 Å². The quantitative estimate of drug-likeness (QED) is 0.125. The van der Waals surface area contributed by atoms with E-state index in [0.717, 1.165) is 0 Å². The summed E-state index contributed by atoms with van der Waals surface area (Å²) in [6.07, 6.45) is 0. The minimum Gasteiger partial charge on any atom is -0.907 e. The second-order valence-corrected chi connectivity index (χ2v) is 1.56. The smallest absolute Gasteiger partial charge is 0.907 e. The van der Waals surface area contributed by atoms with Gasteiger partial charge in [-0.05, 0) is 0 Å². The molecule has 0 aromatic heterocycles. The Morgan fingerprint density at radius 2 is 0.435 bits per heavy atom. The molecule has 0 aliphatic carbocycles. The van der Waals surface area contributed by atoms with E-state index >= 15 is 0 Å². The van der Waals surface area contributed by atoms with E-state index in [-0.39, 0.29) is 120 Å². The molecule has 0 amide bonds.